The maximum atomic E-state index is 8.76. The Kier molecular flexibility index (Phi) is 11.9. The molecule has 0 saturated heterocycles. The van der Waals surface area contributed by atoms with Crippen molar-refractivity contribution in [3.05, 3.63) is 0 Å². The van der Waals surface area contributed by atoms with E-state index in [0.29, 0.717) is 0 Å². The fraction of sp³-hybridized carbons (Fsp3) is 1.00. The van der Waals surface area contributed by atoms with E-state index in [4.69, 9.17) is 9.79 Å². The molecule has 0 atom stereocenters. The Bertz CT molecular complexity index is 128. The van der Waals surface area contributed by atoms with Crippen molar-refractivity contribution in [2.75, 3.05) is 5.75 Å². The predicted molar refractivity (Wildman–Crippen MR) is 56.5 cm³/mol. The van der Waals surface area contributed by atoms with Crippen LogP contribution in [-0.4, -0.2) is 45.1 Å². The van der Waals surface area contributed by atoms with Crippen LogP contribution in [0.2, 0.25) is 0 Å². The molecule has 0 spiro atoms. The Morgan fingerprint density at radius 1 is 1.36 bits per heavy atom. The Morgan fingerprint density at radius 3 is 2.27 bits per heavy atom. The first-order chi connectivity index (χ1) is 4.56. The molecule has 0 bridgehead atoms. The Hall–Kier alpha value is 1.92. The van der Waals surface area contributed by atoms with Gasteiger partial charge in [0.2, 0.25) is 5.69 Å². The van der Waals surface area contributed by atoms with E-state index in [0.717, 1.165) is 36.4 Å². The smallest absolute Gasteiger partial charge is 0.242 e. The first-order valence-corrected chi connectivity index (χ1v) is 7.56. The van der Waals surface area contributed by atoms with Crippen LogP contribution >= 0.6 is 17.1 Å². The summed E-state index contributed by atoms with van der Waals surface area (Å²) in [5, 5.41) is 0. The number of unbranched alkanes of at least 4 members (excludes halogenated alkanes) is 2. The van der Waals surface area contributed by atoms with Gasteiger partial charge >= 0.3 is 0 Å². The molecular weight excluding hydrogens is 210 g/mol. The van der Waals surface area contributed by atoms with E-state index in [1.807, 2.05) is 0 Å². The molecule has 0 unspecified atom stereocenters. The van der Waals surface area contributed by atoms with Crippen LogP contribution in [0.5, 0.6) is 0 Å². The van der Waals surface area contributed by atoms with E-state index in [-0.39, 0.29) is 29.6 Å². The molecule has 0 saturated carbocycles. The minimum absolute atomic E-state index is 0. The van der Waals surface area contributed by atoms with Crippen molar-refractivity contribution in [1.29, 1.82) is 0 Å². The van der Waals surface area contributed by atoms with Gasteiger partial charge in [-0.2, -0.15) is 0 Å². The molecule has 0 aliphatic rings. The summed E-state index contributed by atoms with van der Waals surface area (Å²) < 4.78 is 0. The predicted octanol–water partition coefficient (Wildman–Crippen LogP) is 1.74. The van der Waals surface area contributed by atoms with Crippen LogP contribution in [-0.2, 0) is 11.8 Å². The Labute approximate surface area is 99.4 Å². The molecule has 6 heteroatoms. The normalized spacial score (nSPS) is 10.8. The molecule has 0 fully saturated rings. The van der Waals surface area contributed by atoms with Crippen LogP contribution in [0.25, 0.3) is 0 Å². The summed E-state index contributed by atoms with van der Waals surface area (Å²) in [5.74, 6) is 0.776. The van der Waals surface area contributed by atoms with Crippen LogP contribution in [0, 0.1) is 0 Å². The van der Waals surface area contributed by atoms with Crippen molar-refractivity contribution in [3.8, 4) is 0 Å². The molecule has 0 amide bonds. The monoisotopic (exact) mass is 223 g/mol. The van der Waals surface area contributed by atoms with E-state index >= 15 is 0 Å². The quantitative estimate of drug-likeness (QED) is 0.423. The SMILES string of the molecule is CCCCCSP(O)(O)=S.[Na]. The first-order valence-electron chi connectivity index (χ1n) is 3.26. The molecule has 2 N–H and O–H groups in total. The van der Waals surface area contributed by atoms with Gasteiger partial charge in [-0.15, -0.1) is 0 Å². The van der Waals surface area contributed by atoms with Gasteiger partial charge in [0.15, 0.2) is 0 Å². The van der Waals surface area contributed by atoms with E-state index < -0.39 is 5.69 Å². The molecule has 1 radical (unpaired) electrons. The average molecular weight is 223 g/mol. The summed E-state index contributed by atoms with van der Waals surface area (Å²) >= 11 is 5.53. The fourth-order valence-corrected chi connectivity index (χ4v) is 2.88. The van der Waals surface area contributed by atoms with Gasteiger partial charge < -0.3 is 9.79 Å². The maximum Gasteiger partial charge on any atom is 0.242 e. The molecule has 0 aliphatic heterocycles. The zero-order valence-corrected chi connectivity index (χ0v) is 11.5. The zero-order chi connectivity index (χ0) is 8.04. The molecule has 63 valence electrons. The van der Waals surface area contributed by atoms with Gasteiger partial charge in [-0.3, -0.25) is 0 Å². The van der Waals surface area contributed by atoms with Gasteiger partial charge in [0, 0.05) is 35.3 Å². The second-order valence-electron chi connectivity index (χ2n) is 2.03. The van der Waals surface area contributed by atoms with Crippen molar-refractivity contribution >= 4 is 58.4 Å². The van der Waals surface area contributed by atoms with Crippen LogP contribution in [0.1, 0.15) is 26.2 Å². The molecule has 0 aromatic carbocycles. The molecule has 0 aromatic rings. The summed E-state index contributed by atoms with van der Waals surface area (Å²) in [7, 11) is 0. The summed E-state index contributed by atoms with van der Waals surface area (Å²) in [6, 6.07) is 0. The minimum Gasteiger partial charge on any atom is -0.338 e. The molecule has 2 nitrogen and oxygen atoms in total. The van der Waals surface area contributed by atoms with E-state index in [9.17, 15) is 0 Å². The van der Waals surface area contributed by atoms with Crippen LogP contribution in [0.3, 0.4) is 0 Å². The number of rotatable bonds is 5. The third-order valence-electron chi connectivity index (χ3n) is 1.01. The summed E-state index contributed by atoms with van der Waals surface area (Å²) in [6.07, 6.45) is 3.32. The van der Waals surface area contributed by atoms with Gasteiger partial charge in [0.05, 0.1) is 0 Å². The van der Waals surface area contributed by atoms with E-state index in [2.05, 4.69) is 18.7 Å². The second-order valence-corrected chi connectivity index (χ2v) is 8.20. The third kappa shape index (κ3) is 14.7. The van der Waals surface area contributed by atoms with Crippen molar-refractivity contribution < 1.29 is 9.79 Å². The van der Waals surface area contributed by atoms with Gasteiger partial charge in [0.1, 0.15) is 0 Å². The molecule has 0 aromatic heterocycles. The van der Waals surface area contributed by atoms with Crippen molar-refractivity contribution in [1.82, 2.24) is 0 Å². The standard InChI is InChI=1S/C5H13O2PS2.Na/c1-2-3-4-5-10-8(6,7)9;/h2-5H2,1H3,(H2,6,7,9);. The number of hydrogen-bond donors (Lipinski definition) is 2. The summed E-state index contributed by atoms with van der Waals surface area (Å²) in [4.78, 5) is 17.5. The zero-order valence-electron chi connectivity index (χ0n) is 6.99. The third-order valence-corrected chi connectivity index (χ3v) is 4.32. The minimum atomic E-state index is -2.96. The van der Waals surface area contributed by atoms with Crippen molar-refractivity contribution in [3.63, 3.8) is 0 Å². The van der Waals surface area contributed by atoms with Gasteiger partial charge in [-0.25, -0.2) is 0 Å². The van der Waals surface area contributed by atoms with Gasteiger partial charge in [-0.1, -0.05) is 31.1 Å². The van der Waals surface area contributed by atoms with E-state index in [1.54, 1.807) is 0 Å². The van der Waals surface area contributed by atoms with Gasteiger partial charge in [-0.05, 0) is 18.2 Å². The average Bonchev–Trinajstić information content (AvgIpc) is 1.78. The van der Waals surface area contributed by atoms with Crippen molar-refractivity contribution in [2.45, 2.75) is 26.2 Å². The summed E-state index contributed by atoms with van der Waals surface area (Å²) in [5.41, 5.74) is -2.96. The Balaban J connectivity index is 0. The topological polar surface area (TPSA) is 40.5 Å². The van der Waals surface area contributed by atoms with Crippen molar-refractivity contribution in [2.24, 2.45) is 0 Å². The second kappa shape index (κ2) is 8.52. The van der Waals surface area contributed by atoms with Crippen LogP contribution in [0.15, 0.2) is 0 Å². The maximum absolute atomic E-state index is 8.76. The number of hydrogen-bond acceptors (Lipinski definition) is 2. The van der Waals surface area contributed by atoms with Crippen LogP contribution < -0.4 is 0 Å². The fourth-order valence-electron chi connectivity index (χ4n) is 0.536. The van der Waals surface area contributed by atoms with Crippen LogP contribution in [0.4, 0.5) is 0 Å². The van der Waals surface area contributed by atoms with Gasteiger partial charge in [0.25, 0.3) is 0 Å². The van der Waals surface area contributed by atoms with E-state index in [1.165, 1.54) is 0 Å². The molecule has 0 aliphatic carbocycles. The largest absolute Gasteiger partial charge is 0.338 e. The molecule has 11 heavy (non-hydrogen) atoms. The molecule has 0 rings (SSSR count). The first kappa shape index (κ1) is 15.4. The molecular formula is C5H13NaO2PS2. The summed E-state index contributed by atoms with van der Waals surface area (Å²) in [6.45, 7) is 2.11. The molecule has 0 heterocycles. The Morgan fingerprint density at radius 2 is 1.91 bits per heavy atom.